The van der Waals surface area contributed by atoms with E-state index in [0.29, 0.717) is 11.3 Å². The molecule has 0 saturated heterocycles. The summed E-state index contributed by atoms with van der Waals surface area (Å²) in [5.74, 6) is 2.95. The first-order chi connectivity index (χ1) is 7.58. The second kappa shape index (κ2) is 5.22. The highest BCUT2D eigenvalue weighted by Gasteiger charge is 2.09. The van der Waals surface area contributed by atoms with E-state index in [9.17, 15) is 4.79 Å². The van der Waals surface area contributed by atoms with Gasteiger partial charge >= 0.3 is 0 Å². The zero-order valence-electron chi connectivity index (χ0n) is 9.70. The normalized spacial score (nSPS) is 11.4. The monoisotopic (exact) mass is 217 g/mol. The van der Waals surface area contributed by atoms with Crippen LogP contribution in [0.3, 0.4) is 0 Å². The van der Waals surface area contributed by atoms with E-state index in [2.05, 4.69) is 11.2 Å². The van der Waals surface area contributed by atoms with Gasteiger partial charge in [-0.2, -0.15) is 0 Å². The average molecular weight is 217 g/mol. The van der Waals surface area contributed by atoms with Crippen molar-refractivity contribution in [1.82, 2.24) is 5.32 Å². The number of aryl methyl sites for hydroxylation is 1. The predicted molar refractivity (Wildman–Crippen MR) is 63.5 cm³/mol. The Morgan fingerprint density at radius 1 is 1.56 bits per heavy atom. The number of benzene rings is 1. The van der Waals surface area contributed by atoms with E-state index in [1.807, 2.05) is 13.0 Å². The van der Waals surface area contributed by atoms with E-state index in [-0.39, 0.29) is 11.9 Å². The van der Waals surface area contributed by atoms with Crippen LogP contribution < -0.4 is 10.1 Å². The fraction of sp³-hybridized carbons (Fsp3) is 0.308. The molecule has 1 N–H and O–H groups in total. The van der Waals surface area contributed by atoms with E-state index in [1.165, 1.54) is 0 Å². The minimum absolute atomic E-state index is 0.191. The van der Waals surface area contributed by atoms with Gasteiger partial charge in [0, 0.05) is 5.56 Å². The molecule has 3 nitrogen and oxygen atoms in total. The van der Waals surface area contributed by atoms with E-state index < -0.39 is 0 Å². The summed E-state index contributed by atoms with van der Waals surface area (Å²) in [7, 11) is 1.58. The van der Waals surface area contributed by atoms with Gasteiger partial charge in [0.15, 0.2) is 0 Å². The van der Waals surface area contributed by atoms with Crippen LogP contribution in [0.2, 0.25) is 0 Å². The van der Waals surface area contributed by atoms with Gasteiger partial charge < -0.3 is 10.1 Å². The summed E-state index contributed by atoms with van der Waals surface area (Å²) in [6.07, 6.45) is 5.19. The molecule has 1 amide bonds. The molecule has 0 aliphatic rings. The quantitative estimate of drug-likeness (QED) is 0.783. The molecular formula is C13H15NO2. The Balaban J connectivity index is 2.89. The smallest absolute Gasteiger partial charge is 0.252 e. The van der Waals surface area contributed by atoms with Gasteiger partial charge in [0.1, 0.15) is 5.75 Å². The maximum Gasteiger partial charge on any atom is 0.252 e. The molecule has 0 aliphatic heterocycles. The van der Waals surface area contributed by atoms with Crippen molar-refractivity contribution in [3.63, 3.8) is 0 Å². The van der Waals surface area contributed by atoms with Crippen molar-refractivity contribution in [1.29, 1.82) is 0 Å². The highest BCUT2D eigenvalue weighted by Crippen LogP contribution is 2.18. The standard InChI is InChI=1S/C13H15NO2/c1-5-10(3)14-13(15)11-7-6-9(2)12(8-11)16-4/h1,6-8,10H,2-4H3,(H,14,15). The number of amides is 1. The molecule has 84 valence electrons. The van der Waals surface area contributed by atoms with Crippen molar-refractivity contribution in [3.05, 3.63) is 29.3 Å². The lowest BCUT2D eigenvalue weighted by atomic mass is 10.1. The molecule has 0 radical (unpaired) electrons. The summed E-state index contributed by atoms with van der Waals surface area (Å²) in [5, 5.41) is 2.69. The first-order valence-electron chi connectivity index (χ1n) is 5.00. The number of nitrogens with one attached hydrogen (secondary N) is 1. The van der Waals surface area contributed by atoms with Crippen molar-refractivity contribution >= 4 is 5.91 Å². The maximum atomic E-state index is 11.7. The third-order valence-corrected chi connectivity index (χ3v) is 2.27. The van der Waals surface area contributed by atoms with Gasteiger partial charge in [0.2, 0.25) is 0 Å². The third-order valence-electron chi connectivity index (χ3n) is 2.27. The maximum absolute atomic E-state index is 11.7. The van der Waals surface area contributed by atoms with Crippen LogP contribution in [0.4, 0.5) is 0 Å². The fourth-order valence-corrected chi connectivity index (χ4v) is 1.28. The lowest BCUT2D eigenvalue weighted by Gasteiger charge is -2.10. The number of terminal acetylenes is 1. The first-order valence-corrected chi connectivity index (χ1v) is 5.00. The minimum Gasteiger partial charge on any atom is -0.496 e. The Kier molecular flexibility index (Phi) is 3.96. The van der Waals surface area contributed by atoms with Crippen LogP contribution in [0.5, 0.6) is 5.75 Å². The number of hydrogen-bond donors (Lipinski definition) is 1. The number of rotatable bonds is 3. The predicted octanol–water partition coefficient (Wildman–Crippen LogP) is 1.76. The van der Waals surface area contributed by atoms with E-state index in [4.69, 9.17) is 11.2 Å². The highest BCUT2D eigenvalue weighted by atomic mass is 16.5. The molecular weight excluding hydrogens is 202 g/mol. The van der Waals surface area contributed by atoms with Crippen molar-refractivity contribution < 1.29 is 9.53 Å². The molecule has 1 rings (SSSR count). The number of carbonyl (C=O) groups excluding carboxylic acids is 1. The largest absolute Gasteiger partial charge is 0.496 e. The Morgan fingerprint density at radius 3 is 2.81 bits per heavy atom. The summed E-state index contributed by atoms with van der Waals surface area (Å²) < 4.78 is 5.15. The number of carbonyl (C=O) groups is 1. The molecule has 1 unspecified atom stereocenters. The van der Waals surface area contributed by atoms with Gasteiger partial charge in [-0.1, -0.05) is 12.0 Å². The summed E-state index contributed by atoms with van der Waals surface area (Å²) in [6.45, 7) is 3.67. The molecule has 0 heterocycles. The van der Waals surface area contributed by atoms with Crippen molar-refractivity contribution in [2.75, 3.05) is 7.11 Å². The van der Waals surface area contributed by atoms with Crippen LogP contribution in [0.25, 0.3) is 0 Å². The Hall–Kier alpha value is -1.95. The molecule has 0 saturated carbocycles. The van der Waals surface area contributed by atoms with Crippen LogP contribution in [0, 0.1) is 19.3 Å². The molecule has 1 atom stereocenters. The van der Waals surface area contributed by atoms with Gasteiger partial charge in [-0.05, 0) is 31.5 Å². The topological polar surface area (TPSA) is 38.3 Å². The molecule has 16 heavy (non-hydrogen) atoms. The Bertz CT molecular complexity index is 432. The molecule has 0 aliphatic carbocycles. The number of hydrogen-bond acceptors (Lipinski definition) is 2. The lowest BCUT2D eigenvalue weighted by molar-refractivity contribution is 0.0948. The lowest BCUT2D eigenvalue weighted by Crippen LogP contribution is -2.31. The van der Waals surface area contributed by atoms with Crippen LogP contribution in [0.1, 0.15) is 22.8 Å². The molecule has 3 heteroatoms. The number of methoxy groups -OCH3 is 1. The molecule has 0 spiro atoms. The molecule has 0 fully saturated rings. The first kappa shape index (κ1) is 12.1. The number of ether oxygens (including phenoxy) is 1. The van der Waals surface area contributed by atoms with Crippen molar-refractivity contribution in [2.24, 2.45) is 0 Å². The Morgan fingerprint density at radius 2 is 2.25 bits per heavy atom. The second-order valence-corrected chi connectivity index (χ2v) is 3.55. The van der Waals surface area contributed by atoms with Gasteiger partial charge in [-0.15, -0.1) is 6.42 Å². The molecule has 0 bridgehead atoms. The van der Waals surface area contributed by atoms with Gasteiger partial charge in [-0.25, -0.2) is 0 Å². The molecule has 1 aromatic carbocycles. The molecule has 1 aromatic rings. The zero-order valence-corrected chi connectivity index (χ0v) is 9.70. The average Bonchev–Trinajstić information content (AvgIpc) is 2.29. The summed E-state index contributed by atoms with van der Waals surface area (Å²) >= 11 is 0. The van der Waals surface area contributed by atoms with Crippen LogP contribution in [0.15, 0.2) is 18.2 Å². The Labute approximate surface area is 95.8 Å². The van der Waals surface area contributed by atoms with Crippen LogP contribution in [-0.4, -0.2) is 19.1 Å². The van der Waals surface area contributed by atoms with Crippen LogP contribution >= 0.6 is 0 Å². The van der Waals surface area contributed by atoms with Crippen molar-refractivity contribution in [2.45, 2.75) is 19.9 Å². The third kappa shape index (κ3) is 2.77. The minimum atomic E-state index is -0.278. The fourth-order valence-electron chi connectivity index (χ4n) is 1.28. The summed E-state index contributed by atoms with van der Waals surface area (Å²) in [6, 6.07) is 5.01. The van der Waals surface area contributed by atoms with E-state index in [1.54, 1.807) is 26.2 Å². The van der Waals surface area contributed by atoms with Gasteiger partial charge in [-0.3, -0.25) is 4.79 Å². The SMILES string of the molecule is C#CC(C)NC(=O)c1ccc(C)c(OC)c1. The van der Waals surface area contributed by atoms with Gasteiger partial charge in [0.05, 0.1) is 13.2 Å². The van der Waals surface area contributed by atoms with Crippen LogP contribution in [-0.2, 0) is 0 Å². The van der Waals surface area contributed by atoms with E-state index >= 15 is 0 Å². The second-order valence-electron chi connectivity index (χ2n) is 3.55. The van der Waals surface area contributed by atoms with Gasteiger partial charge in [0.25, 0.3) is 5.91 Å². The highest BCUT2D eigenvalue weighted by molar-refractivity contribution is 5.95. The van der Waals surface area contributed by atoms with Crippen molar-refractivity contribution in [3.8, 4) is 18.1 Å². The van der Waals surface area contributed by atoms with E-state index in [0.717, 1.165) is 5.56 Å². The summed E-state index contributed by atoms with van der Waals surface area (Å²) in [4.78, 5) is 11.7. The zero-order chi connectivity index (χ0) is 12.1. The molecule has 0 aromatic heterocycles. The summed E-state index contributed by atoms with van der Waals surface area (Å²) in [5.41, 5.74) is 1.54.